The van der Waals surface area contributed by atoms with Gasteiger partial charge < -0.3 is 5.73 Å². The molecule has 1 saturated carbocycles. The third kappa shape index (κ3) is 2.74. The smallest absolute Gasteiger partial charge is 0.0335 e. The molecule has 2 heterocycles. The molecule has 1 aromatic heterocycles. The third-order valence-electron chi connectivity index (χ3n) is 5.14. The largest absolute Gasteiger partial charge is 0.329 e. The summed E-state index contributed by atoms with van der Waals surface area (Å²) >= 11 is 1.93. The van der Waals surface area contributed by atoms with Gasteiger partial charge in [0.05, 0.1) is 0 Å². The van der Waals surface area contributed by atoms with Gasteiger partial charge in [-0.25, -0.2) is 0 Å². The molecule has 1 aliphatic heterocycles. The Balaban J connectivity index is 1.77. The summed E-state index contributed by atoms with van der Waals surface area (Å²) in [5.41, 5.74) is 8.10. The first kappa shape index (κ1) is 13.6. The number of nitrogens with two attached hydrogens (primary N) is 1. The van der Waals surface area contributed by atoms with Crippen molar-refractivity contribution in [1.29, 1.82) is 0 Å². The maximum absolute atomic E-state index is 6.25. The van der Waals surface area contributed by atoms with Crippen LogP contribution in [0, 0.1) is 0 Å². The van der Waals surface area contributed by atoms with E-state index in [0.29, 0.717) is 5.54 Å². The number of hydrogen-bond acceptors (Lipinski definition) is 3. The number of fused-ring (bicyclic) bond motifs is 1. The summed E-state index contributed by atoms with van der Waals surface area (Å²) in [6, 6.07) is 2.32. The van der Waals surface area contributed by atoms with E-state index in [9.17, 15) is 0 Å². The molecule has 106 valence electrons. The topological polar surface area (TPSA) is 29.3 Å². The van der Waals surface area contributed by atoms with Gasteiger partial charge in [-0.3, -0.25) is 4.90 Å². The fourth-order valence-electron chi connectivity index (χ4n) is 3.87. The van der Waals surface area contributed by atoms with Crippen LogP contribution >= 0.6 is 11.3 Å². The van der Waals surface area contributed by atoms with E-state index in [1.54, 1.807) is 10.4 Å². The van der Waals surface area contributed by atoms with Crippen molar-refractivity contribution in [1.82, 2.24) is 4.90 Å². The van der Waals surface area contributed by atoms with E-state index < -0.39 is 0 Å². The summed E-state index contributed by atoms with van der Waals surface area (Å²) in [6.45, 7) is 3.19. The van der Waals surface area contributed by atoms with Gasteiger partial charge in [0.1, 0.15) is 0 Å². The molecule has 1 fully saturated rings. The lowest BCUT2D eigenvalue weighted by atomic mass is 9.81. The molecule has 1 aliphatic carbocycles. The maximum Gasteiger partial charge on any atom is 0.0335 e. The number of hydrogen-bond donors (Lipinski definition) is 1. The Kier molecular flexibility index (Phi) is 4.25. The second-order valence-corrected chi connectivity index (χ2v) is 7.24. The summed E-state index contributed by atoms with van der Waals surface area (Å²) in [7, 11) is 0. The highest BCUT2D eigenvalue weighted by atomic mass is 32.1. The normalized spacial score (nSPS) is 24.5. The van der Waals surface area contributed by atoms with Gasteiger partial charge in [-0.15, -0.1) is 11.3 Å². The zero-order valence-corrected chi connectivity index (χ0v) is 12.7. The summed E-state index contributed by atoms with van der Waals surface area (Å²) in [4.78, 5) is 4.32. The molecule has 0 spiro atoms. The van der Waals surface area contributed by atoms with Crippen molar-refractivity contribution in [2.24, 2.45) is 5.73 Å². The van der Waals surface area contributed by atoms with Crippen LogP contribution in [0.15, 0.2) is 11.4 Å². The van der Waals surface area contributed by atoms with Crippen molar-refractivity contribution >= 4 is 11.3 Å². The molecule has 0 atom stereocenters. The van der Waals surface area contributed by atoms with E-state index in [0.717, 1.165) is 13.1 Å². The first-order valence-corrected chi connectivity index (χ1v) is 8.72. The molecule has 2 N–H and O–H groups in total. The molecule has 0 unspecified atom stereocenters. The van der Waals surface area contributed by atoms with Crippen molar-refractivity contribution in [2.45, 2.75) is 63.5 Å². The molecule has 3 rings (SSSR count). The van der Waals surface area contributed by atoms with Gasteiger partial charge in [-0.05, 0) is 36.3 Å². The molecular weight excluding hydrogens is 252 g/mol. The van der Waals surface area contributed by atoms with Crippen LogP contribution in [-0.2, 0) is 13.0 Å². The average molecular weight is 278 g/mol. The SMILES string of the molecule is NCC1(N2CCc3sccc3C2)CCCCCCC1. The fraction of sp³-hybridized carbons (Fsp3) is 0.750. The van der Waals surface area contributed by atoms with Gasteiger partial charge in [0.25, 0.3) is 0 Å². The summed E-state index contributed by atoms with van der Waals surface area (Å²) in [5, 5.41) is 2.25. The zero-order chi connectivity index (χ0) is 13.1. The van der Waals surface area contributed by atoms with Crippen LogP contribution in [0.5, 0.6) is 0 Å². The van der Waals surface area contributed by atoms with Crippen molar-refractivity contribution < 1.29 is 0 Å². The van der Waals surface area contributed by atoms with Crippen molar-refractivity contribution in [3.8, 4) is 0 Å². The Morgan fingerprint density at radius 1 is 1.16 bits per heavy atom. The zero-order valence-electron chi connectivity index (χ0n) is 11.9. The van der Waals surface area contributed by atoms with Crippen LogP contribution < -0.4 is 5.73 Å². The lowest BCUT2D eigenvalue weighted by Gasteiger charge is -2.46. The van der Waals surface area contributed by atoms with Crippen LogP contribution in [0.4, 0.5) is 0 Å². The Morgan fingerprint density at radius 2 is 1.89 bits per heavy atom. The van der Waals surface area contributed by atoms with Crippen molar-refractivity contribution in [2.75, 3.05) is 13.1 Å². The van der Waals surface area contributed by atoms with Crippen molar-refractivity contribution in [3.63, 3.8) is 0 Å². The first-order valence-electron chi connectivity index (χ1n) is 7.84. The van der Waals surface area contributed by atoms with E-state index >= 15 is 0 Å². The third-order valence-corrected chi connectivity index (χ3v) is 6.17. The van der Waals surface area contributed by atoms with Gasteiger partial charge >= 0.3 is 0 Å². The van der Waals surface area contributed by atoms with Crippen LogP contribution in [-0.4, -0.2) is 23.5 Å². The minimum atomic E-state index is 0.292. The highest BCUT2D eigenvalue weighted by molar-refractivity contribution is 7.10. The second kappa shape index (κ2) is 5.94. The molecule has 19 heavy (non-hydrogen) atoms. The maximum atomic E-state index is 6.25. The lowest BCUT2D eigenvalue weighted by Crippen LogP contribution is -2.55. The quantitative estimate of drug-likeness (QED) is 0.896. The van der Waals surface area contributed by atoms with Gasteiger partial charge in [-0.1, -0.05) is 32.1 Å². The van der Waals surface area contributed by atoms with Gasteiger partial charge in [-0.2, -0.15) is 0 Å². The first-order chi connectivity index (χ1) is 9.34. The summed E-state index contributed by atoms with van der Waals surface area (Å²) < 4.78 is 0. The monoisotopic (exact) mass is 278 g/mol. The average Bonchev–Trinajstić information content (AvgIpc) is 2.86. The van der Waals surface area contributed by atoms with E-state index in [1.807, 2.05) is 11.3 Å². The van der Waals surface area contributed by atoms with E-state index in [4.69, 9.17) is 5.73 Å². The molecule has 0 saturated heterocycles. The van der Waals surface area contributed by atoms with Crippen LogP contribution in [0.2, 0.25) is 0 Å². The predicted molar refractivity (Wildman–Crippen MR) is 82.5 cm³/mol. The van der Waals surface area contributed by atoms with E-state index in [1.165, 1.54) is 57.9 Å². The second-order valence-electron chi connectivity index (χ2n) is 6.24. The molecule has 2 nitrogen and oxygen atoms in total. The van der Waals surface area contributed by atoms with Gasteiger partial charge in [0.15, 0.2) is 0 Å². The van der Waals surface area contributed by atoms with Gasteiger partial charge in [0, 0.05) is 30.1 Å². The Labute approximate surface area is 121 Å². The molecule has 0 radical (unpaired) electrons. The van der Waals surface area contributed by atoms with Crippen LogP contribution in [0.25, 0.3) is 0 Å². The number of rotatable bonds is 2. The van der Waals surface area contributed by atoms with E-state index in [-0.39, 0.29) is 0 Å². The molecule has 3 heteroatoms. The number of nitrogens with zero attached hydrogens (tertiary/aromatic N) is 1. The van der Waals surface area contributed by atoms with Gasteiger partial charge in [0.2, 0.25) is 0 Å². The Morgan fingerprint density at radius 3 is 2.63 bits per heavy atom. The van der Waals surface area contributed by atoms with Crippen LogP contribution in [0.1, 0.15) is 55.4 Å². The minimum absolute atomic E-state index is 0.292. The Bertz CT molecular complexity index is 405. The summed E-state index contributed by atoms with van der Waals surface area (Å²) in [6.07, 6.45) is 10.8. The Hall–Kier alpha value is -0.380. The molecule has 2 aliphatic rings. The fourth-order valence-corrected chi connectivity index (χ4v) is 4.76. The highest BCUT2D eigenvalue weighted by Crippen LogP contribution is 2.35. The van der Waals surface area contributed by atoms with Crippen molar-refractivity contribution in [3.05, 3.63) is 21.9 Å². The standard InChI is InChI=1S/C16H26N2S/c17-13-16(8-4-2-1-3-5-9-16)18-10-6-15-14(12-18)7-11-19-15/h7,11H,1-6,8-10,12-13,17H2. The minimum Gasteiger partial charge on any atom is -0.329 e. The van der Waals surface area contributed by atoms with Crippen LogP contribution in [0.3, 0.4) is 0 Å². The molecule has 0 aromatic carbocycles. The number of thiophene rings is 1. The molecule has 0 bridgehead atoms. The lowest BCUT2D eigenvalue weighted by molar-refractivity contribution is 0.0546. The molecule has 0 amide bonds. The summed E-state index contributed by atoms with van der Waals surface area (Å²) in [5.74, 6) is 0. The predicted octanol–water partition coefficient (Wildman–Crippen LogP) is 3.55. The molecule has 1 aromatic rings. The highest BCUT2D eigenvalue weighted by Gasteiger charge is 2.36. The molecular formula is C16H26N2S. The van der Waals surface area contributed by atoms with E-state index in [2.05, 4.69) is 16.3 Å².